The van der Waals surface area contributed by atoms with Crippen molar-refractivity contribution in [2.45, 2.75) is 19.9 Å². The summed E-state index contributed by atoms with van der Waals surface area (Å²) < 4.78 is 0. The lowest BCUT2D eigenvalue weighted by Crippen LogP contribution is -2.41. The van der Waals surface area contributed by atoms with Crippen molar-refractivity contribution in [3.63, 3.8) is 0 Å². The van der Waals surface area contributed by atoms with E-state index in [1.807, 2.05) is 31.2 Å². The van der Waals surface area contributed by atoms with Gasteiger partial charge >= 0.3 is 0 Å². The van der Waals surface area contributed by atoms with E-state index in [0.717, 1.165) is 5.56 Å². The predicted molar refractivity (Wildman–Crippen MR) is 88.2 cm³/mol. The standard InChI is InChI=1S/C17H17ClN2O2/c1-11-3-9-15(10-4-11)20-16(21)12(2)19-17(22)13-5-7-14(18)8-6-13/h3-10,12H,1-2H3,(H,19,22)(H,20,21). The summed E-state index contributed by atoms with van der Waals surface area (Å²) in [4.78, 5) is 24.1. The Morgan fingerprint density at radius 3 is 2.18 bits per heavy atom. The zero-order chi connectivity index (χ0) is 16.1. The van der Waals surface area contributed by atoms with Gasteiger partial charge in [-0.1, -0.05) is 29.3 Å². The third-order valence-electron chi connectivity index (χ3n) is 3.17. The number of halogens is 1. The molecule has 0 fully saturated rings. The molecule has 0 aromatic heterocycles. The van der Waals surface area contributed by atoms with Gasteiger partial charge in [-0.25, -0.2) is 0 Å². The topological polar surface area (TPSA) is 58.2 Å². The lowest BCUT2D eigenvalue weighted by Gasteiger charge is -2.14. The molecule has 1 atom stereocenters. The van der Waals surface area contributed by atoms with Crippen LogP contribution in [0.1, 0.15) is 22.8 Å². The number of rotatable bonds is 4. The van der Waals surface area contributed by atoms with Crippen LogP contribution in [-0.2, 0) is 4.79 Å². The molecule has 2 amide bonds. The first kappa shape index (κ1) is 16.0. The van der Waals surface area contributed by atoms with E-state index >= 15 is 0 Å². The molecule has 2 rings (SSSR count). The first-order chi connectivity index (χ1) is 10.5. The summed E-state index contributed by atoms with van der Waals surface area (Å²) in [5.74, 6) is -0.589. The molecule has 0 aliphatic rings. The van der Waals surface area contributed by atoms with Crippen LogP contribution in [0.25, 0.3) is 0 Å². The molecule has 0 aliphatic carbocycles. The second kappa shape index (κ2) is 7.09. The first-order valence-corrected chi connectivity index (χ1v) is 7.27. The van der Waals surface area contributed by atoms with Gasteiger partial charge in [-0.2, -0.15) is 0 Å². The van der Waals surface area contributed by atoms with Crippen LogP contribution in [0.3, 0.4) is 0 Å². The minimum Gasteiger partial charge on any atom is -0.341 e. The smallest absolute Gasteiger partial charge is 0.251 e. The summed E-state index contributed by atoms with van der Waals surface area (Å²) in [6.45, 7) is 3.61. The van der Waals surface area contributed by atoms with Gasteiger partial charge in [-0.3, -0.25) is 9.59 Å². The van der Waals surface area contributed by atoms with Gasteiger partial charge in [0.25, 0.3) is 5.91 Å². The molecule has 2 N–H and O–H groups in total. The van der Waals surface area contributed by atoms with Crippen LogP contribution >= 0.6 is 11.6 Å². The second-order valence-electron chi connectivity index (χ2n) is 5.06. The van der Waals surface area contributed by atoms with Gasteiger partial charge in [0.15, 0.2) is 0 Å². The summed E-state index contributed by atoms with van der Waals surface area (Å²) in [6.07, 6.45) is 0. The zero-order valence-corrected chi connectivity index (χ0v) is 13.1. The quantitative estimate of drug-likeness (QED) is 0.908. The van der Waals surface area contributed by atoms with Crippen LogP contribution in [0, 0.1) is 6.92 Å². The Labute approximate surface area is 134 Å². The SMILES string of the molecule is Cc1ccc(NC(=O)C(C)NC(=O)c2ccc(Cl)cc2)cc1. The summed E-state index contributed by atoms with van der Waals surface area (Å²) in [5.41, 5.74) is 2.27. The predicted octanol–water partition coefficient (Wildman–Crippen LogP) is 3.41. The zero-order valence-electron chi connectivity index (χ0n) is 12.4. The first-order valence-electron chi connectivity index (χ1n) is 6.89. The highest BCUT2D eigenvalue weighted by Crippen LogP contribution is 2.11. The normalized spacial score (nSPS) is 11.6. The van der Waals surface area contributed by atoms with Crippen LogP contribution in [-0.4, -0.2) is 17.9 Å². The molecular weight excluding hydrogens is 300 g/mol. The van der Waals surface area contributed by atoms with Crippen LogP contribution in [0.4, 0.5) is 5.69 Å². The van der Waals surface area contributed by atoms with Crippen LogP contribution < -0.4 is 10.6 Å². The van der Waals surface area contributed by atoms with Crippen molar-refractivity contribution in [3.8, 4) is 0 Å². The Kier molecular flexibility index (Phi) is 5.17. The maximum atomic E-state index is 12.1. The van der Waals surface area contributed by atoms with Crippen molar-refractivity contribution in [2.24, 2.45) is 0 Å². The molecule has 114 valence electrons. The fourth-order valence-corrected chi connectivity index (χ4v) is 1.96. The summed E-state index contributed by atoms with van der Waals surface area (Å²) in [7, 11) is 0. The average Bonchev–Trinajstić information content (AvgIpc) is 2.50. The lowest BCUT2D eigenvalue weighted by atomic mass is 10.2. The van der Waals surface area contributed by atoms with Gasteiger partial charge in [0, 0.05) is 16.3 Å². The highest BCUT2D eigenvalue weighted by Gasteiger charge is 2.16. The third-order valence-corrected chi connectivity index (χ3v) is 3.42. The van der Waals surface area contributed by atoms with Gasteiger partial charge in [0.05, 0.1) is 0 Å². The highest BCUT2D eigenvalue weighted by molar-refractivity contribution is 6.30. The molecule has 5 heteroatoms. The van der Waals surface area contributed by atoms with E-state index in [0.29, 0.717) is 16.3 Å². The maximum Gasteiger partial charge on any atom is 0.251 e. The summed E-state index contributed by atoms with van der Waals surface area (Å²) >= 11 is 5.78. The number of amides is 2. The lowest BCUT2D eigenvalue weighted by molar-refractivity contribution is -0.117. The van der Waals surface area contributed by atoms with E-state index in [1.165, 1.54) is 0 Å². The molecule has 22 heavy (non-hydrogen) atoms. The highest BCUT2D eigenvalue weighted by atomic mass is 35.5. The maximum absolute atomic E-state index is 12.1. The van der Waals surface area contributed by atoms with E-state index in [4.69, 9.17) is 11.6 Å². The molecule has 0 aliphatic heterocycles. The fraction of sp³-hybridized carbons (Fsp3) is 0.176. The van der Waals surface area contributed by atoms with Crippen molar-refractivity contribution in [1.82, 2.24) is 5.32 Å². The van der Waals surface area contributed by atoms with Crippen molar-refractivity contribution < 1.29 is 9.59 Å². The molecule has 0 heterocycles. The fourth-order valence-electron chi connectivity index (χ4n) is 1.83. The van der Waals surface area contributed by atoms with E-state index in [-0.39, 0.29) is 11.8 Å². The molecule has 0 saturated carbocycles. The molecule has 1 unspecified atom stereocenters. The number of hydrogen-bond acceptors (Lipinski definition) is 2. The average molecular weight is 317 g/mol. The molecule has 0 bridgehead atoms. The van der Waals surface area contributed by atoms with Crippen LogP contribution in [0.5, 0.6) is 0 Å². The molecule has 0 radical (unpaired) electrons. The summed E-state index contributed by atoms with van der Waals surface area (Å²) in [5, 5.41) is 5.97. The molecule has 2 aromatic carbocycles. The van der Waals surface area contributed by atoms with Gasteiger partial charge in [0.2, 0.25) is 5.91 Å². The van der Waals surface area contributed by atoms with Gasteiger partial charge < -0.3 is 10.6 Å². The van der Waals surface area contributed by atoms with Gasteiger partial charge in [0.1, 0.15) is 6.04 Å². The number of carbonyl (C=O) groups excluding carboxylic acids is 2. The second-order valence-corrected chi connectivity index (χ2v) is 5.49. The summed E-state index contributed by atoms with van der Waals surface area (Å²) in [6, 6.07) is 13.3. The number of anilines is 1. The van der Waals surface area contributed by atoms with E-state index in [9.17, 15) is 9.59 Å². The van der Waals surface area contributed by atoms with Crippen LogP contribution in [0.15, 0.2) is 48.5 Å². The van der Waals surface area contributed by atoms with Crippen LogP contribution in [0.2, 0.25) is 5.02 Å². The number of nitrogens with one attached hydrogen (secondary N) is 2. The Bertz CT molecular complexity index is 666. The van der Waals surface area contributed by atoms with E-state index in [2.05, 4.69) is 10.6 Å². The van der Waals surface area contributed by atoms with E-state index in [1.54, 1.807) is 31.2 Å². The number of aryl methyl sites for hydroxylation is 1. The molecule has 0 saturated heterocycles. The minimum atomic E-state index is -0.649. The third kappa shape index (κ3) is 4.33. The van der Waals surface area contributed by atoms with Crippen molar-refractivity contribution >= 4 is 29.1 Å². The number of benzene rings is 2. The molecular formula is C17H17ClN2O2. The monoisotopic (exact) mass is 316 g/mol. The Balaban J connectivity index is 1.94. The van der Waals surface area contributed by atoms with Crippen molar-refractivity contribution in [3.05, 3.63) is 64.7 Å². The Morgan fingerprint density at radius 1 is 1.00 bits per heavy atom. The molecule has 2 aromatic rings. The molecule has 0 spiro atoms. The Morgan fingerprint density at radius 2 is 1.59 bits per heavy atom. The van der Waals surface area contributed by atoms with Crippen molar-refractivity contribution in [1.29, 1.82) is 0 Å². The molecule has 4 nitrogen and oxygen atoms in total. The van der Waals surface area contributed by atoms with E-state index < -0.39 is 6.04 Å². The van der Waals surface area contributed by atoms with Crippen molar-refractivity contribution in [2.75, 3.05) is 5.32 Å². The van der Waals surface area contributed by atoms with Gasteiger partial charge in [-0.05, 0) is 50.2 Å². The minimum absolute atomic E-state index is 0.272. The Hall–Kier alpha value is -2.33. The number of carbonyl (C=O) groups is 2. The largest absolute Gasteiger partial charge is 0.341 e. The number of hydrogen-bond donors (Lipinski definition) is 2. The van der Waals surface area contributed by atoms with Gasteiger partial charge in [-0.15, -0.1) is 0 Å².